The molecule has 1 aliphatic rings. The van der Waals surface area contributed by atoms with Gasteiger partial charge in [-0.15, -0.1) is 11.3 Å². The summed E-state index contributed by atoms with van der Waals surface area (Å²) in [5.41, 5.74) is 0. The fraction of sp³-hybridized carbons (Fsp3) is 0.692. The van der Waals surface area contributed by atoms with E-state index < -0.39 is 7.60 Å². The number of nitrogens with zero attached hydrogens (tertiary/aromatic N) is 2. The van der Waals surface area contributed by atoms with Crippen LogP contribution in [-0.2, 0) is 9.09 Å². The molecule has 1 aromatic heterocycles. The van der Waals surface area contributed by atoms with Crippen molar-refractivity contribution in [3.8, 4) is 0 Å². The first-order valence-electron chi connectivity index (χ1n) is 6.87. The van der Waals surface area contributed by atoms with Gasteiger partial charge in [-0.25, -0.2) is 0 Å². The molecule has 5 nitrogen and oxygen atoms in total. The highest BCUT2D eigenvalue weighted by atomic mass is 32.1. The van der Waals surface area contributed by atoms with E-state index in [0.717, 1.165) is 24.4 Å². The van der Waals surface area contributed by atoms with Crippen molar-refractivity contribution in [2.75, 3.05) is 27.2 Å². The van der Waals surface area contributed by atoms with Crippen molar-refractivity contribution in [3.05, 3.63) is 17.0 Å². The van der Waals surface area contributed by atoms with E-state index in [9.17, 15) is 9.46 Å². The fourth-order valence-electron chi connectivity index (χ4n) is 2.33. The average Bonchev–Trinajstić information content (AvgIpc) is 2.96. The minimum atomic E-state index is -3.69. The van der Waals surface area contributed by atoms with Crippen LogP contribution in [0, 0.1) is 0 Å². The Morgan fingerprint density at radius 1 is 1.45 bits per heavy atom. The van der Waals surface area contributed by atoms with Gasteiger partial charge in [-0.05, 0) is 39.6 Å². The minimum absolute atomic E-state index is 0.192. The zero-order chi connectivity index (χ0) is 14.9. The van der Waals surface area contributed by atoms with Crippen LogP contribution in [0.25, 0.3) is 0 Å². The van der Waals surface area contributed by atoms with Crippen LogP contribution in [0.15, 0.2) is 12.1 Å². The first-order chi connectivity index (χ1) is 9.35. The molecule has 0 bridgehead atoms. The molecule has 1 fully saturated rings. The quantitative estimate of drug-likeness (QED) is 0.844. The molecular formula is C13H23N2O3PS. The molecule has 1 aliphatic heterocycles. The highest BCUT2D eigenvalue weighted by molar-refractivity contribution is 7.68. The maximum Gasteiger partial charge on any atom is 0.368 e. The van der Waals surface area contributed by atoms with Crippen LogP contribution in [0.1, 0.15) is 31.3 Å². The molecule has 0 aliphatic carbocycles. The van der Waals surface area contributed by atoms with Crippen LogP contribution in [0.5, 0.6) is 0 Å². The zero-order valence-electron chi connectivity index (χ0n) is 12.4. The topological polar surface area (TPSA) is 53.0 Å². The molecule has 2 unspecified atom stereocenters. The van der Waals surface area contributed by atoms with Crippen LogP contribution in [0.2, 0.25) is 0 Å². The Morgan fingerprint density at radius 2 is 2.05 bits per heavy atom. The van der Waals surface area contributed by atoms with E-state index in [1.807, 2.05) is 19.9 Å². The van der Waals surface area contributed by atoms with E-state index in [0.29, 0.717) is 4.62 Å². The highest BCUT2D eigenvalue weighted by Gasteiger charge is 2.32. The summed E-state index contributed by atoms with van der Waals surface area (Å²) >= 11 is 1.38. The van der Waals surface area contributed by atoms with Crippen molar-refractivity contribution in [1.82, 2.24) is 9.80 Å². The summed E-state index contributed by atoms with van der Waals surface area (Å²) in [6, 6.07) is 3.66. The molecule has 7 heteroatoms. The van der Waals surface area contributed by atoms with Crippen molar-refractivity contribution in [2.24, 2.45) is 0 Å². The minimum Gasteiger partial charge on any atom is -0.320 e. The first-order valence-corrected chi connectivity index (χ1v) is 9.26. The van der Waals surface area contributed by atoms with Gasteiger partial charge in [-0.1, -0.05) is 6.92 Å². The van der Waals surface area contributed by atoms with E-state index in [1.165, 1.54) is 11.3 Å². The SMILES string of the molecule is CCC(C)OP(=O)(O)c1ccc(C2N(C)CCN2C)s1. The van der Waals surface area contributed by atoms with Gasteiger partial charge in [-0.3, -0.25) is 14.4 Å². The van der Waals surface area contributed by atoms with E-state index in [2.05, 4.69) is 23.9 Å². The number of hydrogen-bond acceptors (Lipinski definition) is 5. The third kappa shape index (κ3) is 3.32. The zero-order valence-corrected chi connectivity index (χ0v) is 14.2. The Labute approximate surface area is 124 Å². The van der Waals surface area contributed by atoms with Gasteiger partial charge in [0.1, 0.15) is 4.62 Å². The third-order valence-electron chi connectivity index (χ3n) is 3.68. The van der Waals surface area contributed by atoms with Crippen molar-refractivity contribution in [2.45, 2.75) is 32.5 Å². The molecule has 2 rings (SSSR count). The Hall–Kier alpha value is -0.230. The van der Waals surface area contributed by atoms with Gasteiger partial charge in [0.15, 0.2) is 0 Å². The van der Waals surface area contributed by atoms with Crippen molar-refractivity contribution >= 4 is 23.6 Å². The predicted molar refractivity (Wildman–Crippen MR) is 82.6 cm³/mol. The largest absolute Gasteiger partial charge is 0.368 e. The number of likely N-dealkylation sites (N-methyl/N-ethyl adjacent to an activating group) is 2. The Balaban J connectivity index is 2.18. The van der Waals surface area contributed by atoms with Crippen molar-refractivity contribution in [1.29, 1.82) is 0 Å². The number of thiophene rings is 1. The van der Waals surface area contributed by atoms with Gasteiger partial charge in [0.05, 0.1) is 12.3 Å². The van der Waals surface area contributed by atoms with Crippen LogP contribution in [0.3, 0.4) is 0 Å². The molecular weight excluding hydrogens is 295 g/mol. The maximum atomic E-state index is 12.3. The molecule has 1 saturated heterocycles. The van der Waals surface area contributed by atoms with E-state index >= 15 is 0 Å². The molecule has 0 amide bonds. The second-order valence-corrected chi connectivity index (χ2v) is 8.51. The van der Waals surface area contributed by atoms with Crippen LogP contribution in [-0.4, -0.2) is 48.0 Å². The summed E-state index contributed by atoms with van der Waals surface area (Å²) in [6.45, 7) is 5.77. The third-order valence-corrected chi connectivity index (χ3v) is 6.93. The van der Waals surface area contributed by atoms with Gasteiger partial charge in [0.25, 0.3) is 0 Å². The summed E-state index contributed by atoms with van der Waals surface area (Å²) in [5.74, 6) is 0. The van der Waals surface area contributed by atoms with Crippen LogP contribution >= 0.6 is 18.9 Å². The molecule has 20 heavy (non-hydrogen) atoms. The Bertz CT molecular complexity index is 498. The smallest absolute Gasteiger partial charge is 0.320 e. The lowest BCUT2D eigenvalue weighted by Gasteiger charge is -2.23. The summed E-state index contributed by atoms with van der Waals surface area (Å²) in [4.78, 5) is 15.7. The molecule has 0 spiro atoms. The summed E-state index contributed by atoms with van der Waals surface area (Å²) in [7, 11) is 0.447. The van der Waals surface area contributed by atoms with Gasteiger partial charge >= 0.3 is 7.60 Å². The van der Waals surface area contributed by atoms with E-state index in [4.69, 9.17) is 4.52 Å². The Morgan fingerprint density at radius 3 is 2.60 bits per heavy atom. The lowest BCUT2D eigenvalue weighted by molar-refractivity contribution is 0.192. The summed E-state index contributed by atoms with van der Waals surface area (Å²) < 4.78 is 18.0. The fourth-order valence-corrected chi connectivity index (χ4v) is 5.22. The molecule has 114 valence electrons. The number of rotatable bonds is 5. The molecule has 1 N–H and O–H groups in total. The lowest BCUT2D eigenvalue weighted by atomic mass is 10.3. The van der Waals surface area contributed by atoms with Gasteiger partial charge in [0.2, 0.25) is 0 Å². The first kappa shape index (κ1) is 16.1. The standard InChI is InChI=1S/C13H23N2O3PS/c1-5-10(2)18-19(16,17)12-7-6-11(20-12)13-14(3)8-9-15(13)4/h6-7,10,13H,5,8-9H2,1-4H3,(H,16,17). The maximum absolute atomic E-state index is 12.3. The van der Waals surface area contributed by atoms with Crippen LogP contribution < -0.4 is 4.62 Å². The van der Waals surface area contributed by atoms with Crippen molar-refractivity contribution < 1.29 is 14.0 Å². The normalized spacial score (nSPS) is 23.1. The summed E-state index contributed by atoms with van der Waals surface area (Å²) in [6.07, 6.45) is 0.697. The average molecular weight is 318 g/mol. The highest BCUT2D eigenvalue weighted by Crippen LogP contribution is 2.45. The van der Waals surface area contributed by atoms with E-state index in [1.54, 1.807) is 6.07 Å². The molecule has 2 heterocycles. The van der Waals surface area contributed by atoms with Gasteiger partial charge in [-0.2, -0.15) is 0 Å². The summed E-state index contributed by atoms with van der Waals surface area (Å²) in [5, 5.41) is 0. The van der Waals surface area contributed by atoms with Crippen LogP contribution in [0.4, 0.5) is 0 Å². The molecule has 2 atom stereocenters. The van der Waals surface area contributed by atoms with Gasteiger partial charge < -0.3 is 9.42 Å². The molecule has 0 radical (unpaired) electrons. The Kier molecular flexibility index (Phi) is 5.05. The second kappa shape index (κ2) is 6.26. The van der Waals surface area contributed by atoms with Crippen molar-refractivity contribution in [3.63, 3.8) is 0 Å². The predicted octanol–water partition coefficient (Wildman–Crippen LogP) is 2.25. The lowest BCUT2D eigenvalue weighted by Crippen LogP contribution is -2.24. The molecule has 1 aromatic rings. The van der Waals surface area contributed by atoms with Gasteiger partial charge in [0, 0.05) is 18.0 Å². The second-order valence-electron chi connectivity index (χ2n) is 5.36. The number of hydrogen-bond donors (Lipinski definition) is 1. The van der Waals surface area contributed by atoms with E-state index in [-0.39, 0.29) is 12.3 Å². The molecule has 0 aromatic carbocycles. The molecule has 0 saturated carbocycles. The monoisotopic (exact) mass is 318 g/mol.